The lowest BCUT2D eigenvalue weighted by atomic mass is 10.2. The fraction of sp³-hybridized carbons (Fsp3) is 0.455. The summed E-state index contributed by atoms with van der Waals surface area (Å²) in [5.74, 6) is 0. The van der Waals surface area contributed by atoms with Crippen LogP contribution in [0.4, 0.5) is 11.4 Å². The largest absolute Gasteiger partial charge is 0.378 e. The second-order valence-corrected chi connectivity index (χ2v) is 6.73. The van der Waals surface area contributed by atoms with E-state index in [1.165, 1.54) is 26.2 Å². The third-order valence-corrected chi connectivity index (χ3v) is 4.37. The van der Waals surface area contributed by atoms with Gasteiger partial charge in [-0.15, -0.1) is 0 Å². The lowest BCUT2D eigenvalue weighted by Crippen LogP contribution is -2.25. The van der Waals surface area contributed by atoms with Crippen LogP contribution in [0.2, 0.25) is 0 Å². The van der Waals surface area contributed by atoms with Gasteiger partial charge in [0.15, 0.2) is 0 Å². The molecule has 8 nitrogen and oxygen atoms in total. The molecule has 20 heavy (non-hydrogen) atoms. The number of rotatable bonds is 6. The van der Waals surface area contributed by atoms with Crippen LogP contribution in [0.25, 0.3) is 0 Å². The lowest BCUT2D eigenvalue weighted by Gasteiger charge is -2.13. The summed E-state index contributed by atoms with van der Waals surface area (Å²) in [5.41, 5.74) is 5.51. The normalized spacial score (nSPS) is 13.2. The molecule has 0 amide bonds. The first-order chi connectivity index (χ1) is 9.16. The molecule has 1 unspecified atom stereocenters. The minimum absolute atomic E-state index is 0.124. The maximum Gasteiger partial charge on any atom is 0.293 e. The molecule has 1 atom stereocenters. The van der Waals surface area contributed by atoms with Crippen LogP contribution in [0.15, 0.2) is 23.1 Å². The van der Waals surface area contributed by atoms with Gasteiger partial charge in [-0.1, -0.05) is 0 Å². The van der Waals surface area contributed by atoms with E-state index in [9.17, 15) is 18.5 Å². The summed E-state index contributed by atoms with van der Waals surface area (Å²) >= 11 is 0. The van der Waals surface area contributed by atoms with E-state index in [2.05, 4.69) is 5.32 Å². The molecule has 0 spiro atoms. The van der Waals surface area contributed by atoms with E-state index in [1.54, 1.807) is 6.92 Å². The van der Waals surface area contributed by atoms with Crippen molar-refractivity contribution in [1.82, 2.24) is 4.31 Å². The predicted molar refractivity (Wildman–Crippen MR) is 76.1 cm³/mol. The van der Waals surface area contributed by atoms with Crippen LogP contribution < -0.4 is 11.1 Å². The summed E-state index contributed by atoms with van der Waals surface area (Å²) in [7, 11) is -0.976. The molecule has 0 aliphatic carbocycles. The smallest absolute Gasteiger partial charge is 0.293 e. The predicted octanol–water partition coefficient (Wildman–Crippen LogP) is 0.604. The molecule has 0 aliphatic heterocycles. The Labute approximate surface area is 117 Å². The first kappa shape index (κ1) is 16.3. The van der Waals surface area contributed by atoms with Crippen molar-refractivity contribution in [3.63, 3.8) is 0 Å². The Morgan fingerprint density at radius 2 is 2.05 bits per heavy atom. The molecule has 1 aromatic rings. The van der Waals surface area contributed by atoms with Gasteiger partial charge in [0, 0.05) is 32.7 Å². The van der Waals surface area contributed by atoms with E-state index in [1.807, 2.05) is 0 Å². The van der Waals surface area contributed by atoms with E-state index < -0.39 is 14.9 Å². The molecule has 1 rings (SSSR count). The number of nitro groups is 1. The van der Waals surface area contributed by atoms with Crippen molar-refractivity contribution >= 4 is 21.4 Å². The molecule has 0 aliphatic rings. The average molecular weight is 302 g/mol. The number of benzene rings is 1. The van der Waals surface area contributed by atoms with Crippen LogP contribution in [0.3, 0.4) is 0 Å². The van der Waals surface area contributed by atoms with Gasteiger partial charge in [-0.25, -0.2) is 12.7 Å². The Morgan fingerprint density at radius 1 is 1.45 bits per heavy atom. The van der Waals surface area contributed by atoms with E-state index >= 15 is 0 Å². The number of nitrogens with one attached hydrogen (secondary N) is 1. The molecule has 0 bridgehead atoms. The van der Waals surface area contributed by atoms with E-state index in [0.29, 0.717) is 6.54 Å². The second kappa shape index (κ2) is 6.16. The number of nitrogens with two attached hydrogens (primary N) is 1. The van der Waals surface area contributed by atoms with Crippen molar-refractivity contribution < 1.29 is 13.3 Å². The van der Waals surface area contributed by atoms with Crippen LogP contribution in [0.1, 0.15) is 6.92 Å². The highest BCUT2D eigenvalue weighted by Gasteiger charge is 2.23. The van der Waals surface area contributed by atoms with Crippen LogP contribution >= 0.6 is 0 Å². The van der Waals surface area contributed by atoms with Gasteiger partial charge in [0.25, 0.3) is 5.69 Å². The van der Waals surface area contributed by atoms with Gasteiger partial charge >= 0.3 is 0 Å². The van der Waals surface area contributed by atoms with E-state index in [0.717, 1.165) is 10.4 Å². The summed E-state index contributed by atoms with van der Waals surface area (Å²) < 4.78 is 24.9. The Hall–Kier alpha value is -1.71. The fourth-order valence-corrected chi connectivity index (χ4v) is 2.38. The van der Waals surface area contributed by atoms with Crippen LogP contribution in [0.5, 0.6) is 0 Å². The number of hydrogen-bond acceptors (Lipinski definition) is 6. The highest BCUT2D eigenvalue weighted by atomic mass is 32.2. The van der Waals surface area contributed by atoms with Crippen molar-refractivity contribution in [3.05, 3.63) is 28.3 Å². The number of nitrogens with zero attached hydrogens (tertiary/aromatic N) is 2. The summed E-state index contributed by atoms with van der Waals surface area (Å²) in [5, 5.41) is 13.9. The Balaban J connectivity index is 3.24. The van der Waals surface area contributed by atoms with Crippen molar-refractivity contribution in [2.75, 3.05) is 26.0 Å². The first-order valence-corrected chi connectivity index (χ1v) is 7.30. The van der Waals surface area contributed by atoms with Gasteiger partial charge in [0.1, 0.15) is 5.69 Å². The van der Waals surface area contributed by atoms with Crippen LogP contribution in [0, 0.1) is 10.1 Å². The molecule has 0 saturated carbocycles. The zero-order valence-electron chi connectivity index (χ0n) is 11.5. The topological polar surface area (TPSA) is 119 Å². The minimum Gasteiger partial charge on any atom is -0.378 e. The third kappa shape index (κ3) is 3.65. The molecule has 0 saturated heterocycles. The Bertz CT molecular complexity index is 598. The van der Waals surface area contributed by atoms with E-state index in [-0.39, 0.29) is 22.3 Å². The van der Waals surface area contributed by atoms with Crippen molar-refractivity contribution in [1.29, 1.82) is 0 Å². The molecular weight excluding hydrogens is 284 g/mol. The Morgan fingerprint density at radius 3 is 2.50 bits per heavy atom. The summed E-state index contributed by atoms with van der Waals surface area (Å²) in [4.78, 5) is 10.3. The van der Waals surface area contributed by atoms with Crippen LogP contribution in [-0.2, 0) is 10.0 Å². The minimum atomic E-state index is -3.70. The van der Waals surface area contributed by atoms with Gasteiger partial charge < -0.3 is 11.1 Å². The maximum absolute atomic E-state index is 11.9. The van der Waals surface area contributed by atoms with Gasteiger partial charge in [-0.05, 0) is 19.1 Å². The number of anilines is 1. The zero-order chi connectivity index (χ0) is 15.5. The summed E-state index contributed by atoms with van der Waals surface area (Å²) in [6, 6.07) is 3.56. The highest BCUT2D eigenvalue weighted by molar-refractivity contribution is 7.89. The highest BCUT2D eigenvalue weighted by Crippen LogP contribution is 2.28. The van der Waals surface area contributed by atoms with Crippen LogP contribution in [-0.4, -0.2) is 44.3 Å². The Kier molecular flexibility index (Phi) is 5.03. The van der Waals surface area contributed by atoms with Gasteiger partial charge in [-0.3, -0.25) is 10.1 Å². The molecule has 0 aromatic heterocycles. The third-order valence-electron chi connectivity index (χ3n) is 2.56. The second-order valence-electron chi connectivity index (χ2n) is 4.58. The van der Waals surface area contributed by atoms with E-state index in [4.69, 9.17) is 5.73 Å². The molecule has 9 heteroatoms. The van der Waals surface area contributed by atoms with Gasteiger partial charge in [0.05, 0.1) is 9.82 Å². The van der Waals surface area contributed by atoms with Gasteiger partial charge in [-0.2, -0.15) is 0 Å². The summed E-state index contributed by atoms with van der Waals surface area (Å²) in [6.07, 6.45) is 0. The maximum atomic E-state index is 11.9. The number of sulfonamides is 1. The molecule has 112 valence electrons. The first-order valence-electron chi connectivity index (χ1n) is 5.86. The van der Waals surface area contributed by atoms with Crippen molar-refractivity contribution in [2.45, 2.75) is 17.9 Å². The molecule has 0 heterocycles. The SMILES string of the molecule is CC(N)CNc1ccc(S(=O)(=O)N(C)C)cc1[N+](=O)[O-]. The average Bonchev–Trinajstić information content (AvgIpc) is 2.35. The molecular formula is C11H18N4O4S. The molecule has 0 fully saturated rings. The monoisotopic (exact) mass is 302 g/mol. The quantitative estimate of drug-likeness (QED) is 0.587. The fourth-order valence-electron chi connectivity index (χ4n) is 1.45. The zero-order valence-corrected chi connectivity index (χ0v) is 12.3. The van der Waals surface area contributed by atoms with Crippen molar-refractivity contribution in [2.24, 2.45) is 5.73 Å². The number of hydrogen-bond donors (Lipinski definition) is 2. The summed E-state index contributed by atoms with van der Waals surface area (Å²) in [6.45, 7) is 2.10. The van der Waals surface area contributed by atoms with Gasteiger partial charge in [0.2, 0.25) is 10.0 Å². The molecule has 1 aromatic carbocycles. The molecule has 0 radical (unpaired) electrons. The molecule has 3 N–H and O–H groups in total. The standard InChI is InChI=1S/C11H18N4O4S/c1-8(12)7-13-10-5-4-9(6-11(10)15(16)17)20(18,19)14(2)3/h4-6,8,13H,7,12H2,1-3H3. The lowest BCUT2D eigenvalue weighted by molar-refractivity contribution is -0.384. The van der Waals surface area contributed by atoms with Crippen molar-refractivity contribution in [3.8, 4) is 0 Å². The number of nitro benzene ring substituents is 1.